The van der Waals surface area contributed by atoms with Crippen molar-refractivity contribution in [1.82, 2.24) is 0 Å². The van der Waals surface area contributed by atoms with E-state index in [0.717, 1.165) is 6.92 Å². The predicted molar refractivity (Wildman–Crippen MR) is 23.2 cm³/mol. The molecule has 0 aromatic carbocycles. The van der Waals surface area contributed by atoms with Crippen molar-refractivity contribution < 1.29 is 35.1 Å². The van der Waals surface area contributed by atoms with Gasteiger partial charge in [0, 0.05) is 17.1 Å². The molecule has 0 aliphatic heterocycles. The van der Waals surface area contributed by atoms with Crippen LogP contribution >= 0.6 is 0 Å². The minimum absolute atomic E-state index is 0. The van der Waals surface area contributed by atoms with Gasteiger partial charge in [-0.2, -0.15) is 8.42 Å². The molecule has 0 amide bonds. The van der Waals surface area contributed by atoms with Crippen molar-refractivity contribution in [2.45, 2.75) is 12.4 Å². The van der Waals surface area contributed by atoms with Crippen molar-refractivity contribution in [1.29, 1.82) is 0 Å². The van der Waals surface area contributed by atoms with Crippen molar-refractivity contribution in [3.63, 3.8) is 0 Å². The Morgan fingerprint density at radius 1 is 1.50 bits per heavy atom. The first-order valence-electron chi connectivity index (χ1n) is 1.59. The average molecular weight is 190 g/mol. The van der Waals surface area contributed by atoms with Crippen LogP contribution in [0.4, 0.5) is 0 Å². The number of hydrogen-bond acceptors (Lipinski definition) is 3. The molecule has 6 heteroatoms. The van der Waals surface area contributed by atoms with Gasteiger partial charge in [0.25, 0.3) is 10.1 Å². The maximum absolute atomic E-state index is 9.64. The van der Waals surface area contributed by atoms with E-state index in [1.807, 2.05) is 0 Å². The number of aliphatic hydroxyl groups excluding tert-OH is 1. The zero-order valence-electron chi connectivity index (χ0n) is 4.00. The molecule has 0 aliphatic rings. The quantitative estimate of drug-likeness (QED) is 0.419. The minimum Gasteiger partial charge on any atom is -0.375 e. The van der Waals surface area contributed by atoms with E-state index in [4.69, 9.17) is 9.66 Å². The molecule has 1 radical (unpaired) electrons. The summed E-state index contributed by atoms with van der Waals surface area (Å²) in [6.45, 7) is 0.968. The SMILES string of the molecule is CC(O)S(=O)(=O)O.[Cu]. The summed E-state index contributed by atoms with van der Waals surface area (Å²) in [4.78, 5) is 0. The van der Waals surface area contributed by atoms with E-state index in [-0.39, 0.29) is 17.1 Å². The van der Waals surface area contributed by atoms with E-state index in [0.29, 0.717) is 0 Å². The van der Waals surface area contributed by atoms with Gasteiger partial charge in [-0.1, -0.05) is 0 Å². The summed E-state index contributed by atoms with van der Waals surface area (Å²) in [6, 6.07) is 0. The van der Waals surface area contributed by atoms with Crippen LogP contribution in [0.3, 0.4) is 0 Å². The van der Waals surface area contributed by atoms with Crippen molar-refractivity contribution in [2.24, 2.45) is 0 Å². The largest absolute Gasteiger partial charge is 0.375 e. The third-order valence-corrected chi connectivity index (χ3v) is 1.29. The van der Waals surface area contributed by atoms with Gasteiger partial charge in [0.05, 0.1) is 0 Å². The first-order valence-corrected chi connectivity index (χ1v) is 3.09. The fourth-order valence-electron chi connectivity index (χ4n) is 0. The Labute approximate surface area is 58.1 Å². The van der Waals surface area contributed by atoms with Gasteiger partial charge in [-0.25, -0.2) is 0 Å². The van der Waals surface area contributed by atoms with Crippen LogP contribution in [0.1, 0.15) is 6.92 Å². The van der Waals surface area contributed by atoms with Crippen LogP contribution in [0.15, 0.2) is 0 Å². The molecule has 4 nitrogen and oxygen atoms in total. The summed E-state index contributed by atoms with van der Waals surface area (Å²) in [5.41, 5.74) is -1.67. The van der Waals surface area contributed by atoms with Crippen LogP contribution in [-0.2, 0) is 27.2 Å². The molecule has 0 rings (SSSR count). The third-order valence-electron chi connectivity index (χ3n) is 0.431. The van der Waals surface area contributed by atoms with Crippen LogP contribution in [0.5, 0.6) is 0 Å². The molecule has 55 valence electrons. The van der Waals surface area contributed by atoms with Gasteiger partial charge in [-0.3, -0.25) is 4.55 Å². The molecule has 0 saturated carbocycles. The Hall–Kier alpha value is 0.389. The van der Waals surface area contributed by atoms with E-state index < -0.39 is 15.6 Å². The summed E-state index contributed by atoms with van der Waals surface area (Å²) in [5, 5.41) is 8.05. The molecular weight excluding hydrogens is 184 g/mol. The Morgan fingerprint density at radius 3 is 1.62 bits per heavy atom. The van der Waals surface area contributed by atoms with E-state index >= 15 is 0 Å². The summed E-state index contributed by atoms with van der Waals surface area (Å²) in [5.74, 6) is 0. The summed E-state index contributed by atoms with van der Waals surface area (Å²) in [7, 11) is -4.19. The van der Waals surface area contributed by atoms with E-state index in [1.54, 1.807) is 0 Å². The molecule has 0 aliphatic carbocycles. The van der Waals surface area contributed by atoms with Crippen LogP contribution in [0.25, 0.3) is 0 Å². The maximum atomic E-state index is 9.64. The summed E-state index contributed by atoms with van der Waals surface area (Å²) < 4.78 is 27.1. The maximum Gasteiger partial charge on any atom is 0.291 e. The van der Waals surface area contributed by atoms with Crippen LogP contribution in [0.2, 0.25) is 0 Å². The Morgan fingerprint density at radius 2 is 1.62 bits per heavy atom. The van der Waals surface area contributed by atoms with E-state index in [9.17, 15) is 8.42 Å². The standard InChI is InChI=1S/C2H6O4S.Cu/c1-2(3)7(4,5)6;/h2-3H,1H3,(H,4,5,6);. The second kappa shape index (κ2) is 3.42. The molecule has 0 aromatic heterocycles. The topological polar surface area (TPSA) is 74.6 Å². The molecule has 0 spiro atoms. The average Bonchev–Trinajstić information content (AvgIpc) is 1.31. The third kappa shape index (κ3) is 4.55. The van der Waals surface area contributed by atoms with Gasteiger partial charge in [-0.05, 0) is 6.92 Å². The van der Waals surface area contributed by atoms with Crippen molar-refractivity contribution >= 4 is 10.1 Å². The number of aliphatic hydroxyl groups is 1. The number of hydrogen-bond donors (Lipinski definition) is 2. The molecule has 8 heavy (non-hydrogen) atoms. The fraction of sp³-hybridized carbons (Fsp3) is 1.00. The van der Waals surface area contributed by atoms with Crippen molar-refractivity contribution in [2.75, 3.05) is 0 Å². The second-order valence-corrected chi connectivity index (χ2v) is 2.83. The molecule has 0 bridgehead atoms. The molecule has 0 aromatic rings. The second-order valence-electron chi connectivity index (χ2n) is 1.11. The molecule has 1 unspecified atom stereocenters. The van der Waals surface area contributed by atoms with Crippen LogP contribution < -0.4 is 0 Å². The molecule has 1 atom stereocenters. The van der Waals surface area contributed by atoms with Gasteiger partial charge in [-0.15, -0.1) is 0 Å². The molecule has 0 heterocycles. The Balaban J connectivity index is 0. The van der Waals surface area contributed by atoms with E-state index in [2.05, 4.69) is 0 Å². The van der Waals surface area contributed by atoms with Crippen molar-refractivity contribution in [3.8, 4) is 0 Å². The minimum atomic E-state index is -4.19. The van der Waals surface area contributed by atoms with Gasteiger partial charge >= 0.3 is 0 Å². The van der Waals surface area contributed by atoms with Crippen LogP contribution in [-0.4, -0.2) is 23.5 Å². The van der Waals surface area contributed by atoms with Gasteiger partial charge in [0.15, 0.2) is 5.44 Å². The Kier molecular flexibility index (Phi) is 4.80. The van der Waals surface area contributed by atoms with Crippen LogP contribution in [0, 0.1) is 0 Å². The summed E-state index contributed by atoms with van der Waals surface area (Å²) in [6.07, 6.45) is 0. The first-order chi connectivity index (χ1) is 2.94. The zero-order chi connectivity index (χ0) is 6.08. The first kappa shape index (κ1) is 11.2. The molecular formula is C2H6CuO4S. The number of rotatable bonds is 1. The van der Waals surface area contributed by atoms with Crippen molar-refractivity contribution in [3.05, 3.63) is 0 Å². The molecule has 0 saturated heterocycles. The van der Waals surface area contributed by atoms with Gasteiger partial charge in [0.2, 0.25) is 0 Å². The molecule has 2 N–H and O–H groups in total. The monoisotopic (exact) mass is 189 g/mol. The van der Waals surface area contributed by atoms with Gasteiger partial charge < -0.3 is 5.11 Å². The summed E-state index contributed by atoms with van der Waals surface area (Å²) >= 11 is 0. The van der Waals surface area contributed by atoms with Gasteiger partial charge in [0.1, 0.15) is 0 Å². The van der Waals surface area contributed by atoms with E-state index in [1.165, 1.54) is 0 Å². The zero-order valence-corrected chi connectivity index (χ0v) is 5.76. The smallest absolute Gasteiger partial charge is 0.291 e. The predicted octanol–water partition coefficient (Wildman–Crippen LogP) is -0.790. The Bertz CT molecular complexity index is 136. The normalized spacial score (nSPS) is 14.4. The molecule has 0 fully saturated rings. The fourth-order valence-corrected chi connectivity index (χ4v) is 0.